The lowest BCUT2D eigenvalue weighted by atomic mass is 10.1. The van der Waals surface area contributed by atoms with Crippen LogP contribution in [0, 0.1) is 5.92 Å². The molecule has 60 valence electrons. The van der Waals surface area contributed by atoms with Crippen molar-refractivity contribution in [3.8, 4) is 0 Å². The summed E-state index contributed by atoms with van der Waals surface area (Å²) in [6.07, 6.45) is 4.07. The summed E-state index contributed by atoms with van der Waals surface area (Å²) in [5.74, 6) is 0.916. The molecule has 2 heteroatoms. The minimum atomic E-state index is 0.706. The van der Waals surface area contributed by atoms with Gasteiger partial charge in [-0.1, -0.05) is 6.92 Å². The van der Waals surface area contributed by atoms with Crippen LogP contribution in [0.3, 0.4) is 0 Å². The fourth-order valence-electron chi connectivity index (χ4n) is 1.73. The van der Waals surface area contributed by atoms with Crippen molar-refractivity contribution in [1.82, 2.24) is 4.90 Å². The van der Waals surface area contributed by atoms with E-state index in [1.165, 1.54) is 19.3 Å². The van der Waals surface area contributed by atoms with Crippen LogP contribution in [-0.2, 0) is 0 Å². The Morgan fingerprint density at radius 3 is 2.60 bits per heavy atom. The molecule has 1 aliphatic carbocycles. The summed E-state index contributed by atoms with van der Waals surface area (Å²) >= 11 is 0. The molecule has 2 atom stereocenters. The van der Waals surface area contributed by atoms with Gasteiger partial charge < -0.3 is 5.73 Å². The van der Waals surface area contributed by atoms with Crippen molar-refractivity contribution in [1.29, 1.82) is 0 Å². The predicted molar refractivity (Wildman–Crippen MR) is 43.6 cm³/mol. The fraction of sp³-hybridized carbons (Fsp3) is 1.00. The zero-order chi connectivity index (χ0) is 7.56. The van der Waals surface area contributed by atoms with Crippen molar-refractivity contribution >= 4 is 0 Å². The van der Waals surface area contributed by atoms with Crippen molar-refractivity contribution in [3.63, 3.8) is 0 Å². The van der Waals surface area contributed by atoms with E-state index in [0.29, 0.717) is 6.67 Å². The zero-order valence-corrected chi connectivity index (χ0v) is 7.01. The Hall–Kier alpha value is -0.0800. The van der Waals surface area contributed by atoms with Gasteiger partial charge in [-0.15, -0.1) is 0 Å². The smallest absolute Gasteiger partial charge is 0.0455 e. The van der Waals surface area contributed by atoms with E-state index in [9.17, 15) is 0 Å². The maximum atomic E-state index is 5.52. The maximum absolute atomic E-state index is 5.52. The van der Waals surface area contributed by atoms with Gasteiger partial charge in [0.2, 0.25) is 0 Å². The highest BCUT2D eigenvalue weighted by Gasteiger charge is 2.23. The first-order valence-electron chi connectivity index (χ1n) is 4.14. The standard InChI is InChI=1S/C8H18N2/c1-7-3-4-8(5-7)10(2)6-9/h7-8H,3-6,9H2,1-2H3. The van der Waals surface area contributed by atoms with Crippen molar-refractivity contribution in [2.24, 2.45) is 11.7 Å². The zero-order valence-electron chi connectivity index (χ0n) is 7.01. The van der Waals surface area contributed by atoms with Crippen LogP contribution < -0.4 is 5.73 Å². The first-order valence-corrected chi connectivity index (χ1v) is 4.14. The summed E-state index contributed by atoms with van der Waals surface area (Å²) in [4.78, 5) is 2.25. The Morgan fingerprint density at radius 2 is 2.20 bits per heavy atom. The van der Waals surface area contributed by atoms with E-state index >= 15 is 0 Å². The van der Waals surface area contributed by atoms with E-state index in [1.807, 2.05) is 0 Å². The first kappa shape index (κ1) is 8.02. The van der Waals surface area contributed by atoms with Crippen molar-refractivity contribution < 1.29 is 0 Å². The van der Waals surface area contributed by atoms with Gasteiger partial charge in [0.25, 0.3) is 0 Å². The second-order valence-corrected chi connectivity index (χ2v) is 3.51. The molecule has 0 aromatic rings. The van der Waals surface area contributed by atoms with Crippen molar-refractivity contribution in [2.45, 2.75) is 32.2 Å². The lowest BCUT2D eigenvalue weighted by Crippen LogP contribution is -2.34. The highest BCUT2D eigenvalue weighted by atomic mass is 15.2. The summed E-state index contributed by atoms with van der Waals surface area (Å²) in [6, 6.07) is 0.764. The molecule has 1 saturated carbocycles. The molecule has 2 nitrogen and oxygen atoms in total. The van der Waals surface area contributed by atoms with Gasteiger partial charge >= 0.3 is 0 Å². The highest BCUT2D eigenvalue weighted by molar-refractivity contribution is 4.78. The summed E-state index contributed by atoms with van der Waals surface area (Å²) in [6.45, 7) is 3.03. The maximum Gasteiger partial charge on any atom is 0.0455 e. The fourth-order valence-corrected chi connectivity index (χ4v) is 1.73. The molecule has 1 fully saturated rings. The van der Waals surface area contributed by atoms with Crippen LogP contribution in [-0.4, -0.2) is 24.7 Å². The molecule has 0 radical (unpaired) electrons. The molecule has 0 saturated heterocycles. The molecule has 0 aromatic carbocycles. The Balaban J connectivity index is 2.29. The van der Waals surface area contributed by atoms with Crippen LogP contribution in [0.4, 0.5) is 0 Å². The molecule has 0 spiro atoms. The molecule has 0 heterocycles. The van der Waals surface area contributed by atoms with E-state index < -0.39 is 0 Å². The van der Waals surface area contributed by atoms with Gasteiger partial charge in [-0.2, -0.15) is 0 Å². The van der Waals surface area contributed by atoms with Crippen LogP contribution in [0.25, 0.3) is 0 Å². The Labute approximate surface area is 63.4 Å². The van der Waals surface area contributed by atoms with E-state index in [4.69, 9.17) is 5.73 Å². The van der Waals surface area contributed by atoms with E-state index in [-0.39, 0.29) is 0 Å². The molecule has 0 bridgehead atoms. The van der Waals surface area contributed by atoms with Gasteiger partial charge in [-0.3, -0.25) is 4.90 Å². The van der Waals surface area contributed by atoms with E-state index in [1.54, 1.807) is 0 Å². The number of nitrogens with two attached hydrogens (primary N) is 1. The molecule has 1 rings (SSSR count). The molecule has 2 N–H and O–H groups in total. The molecular formula is C8H18N2. The third kappa shape index (κ3) is 1.70. The average molecular weight is 142 g/mol. The molecule has 0 amide bonds. The third-order valence-corrected chi connectivity index (χ3v) is 2.58. The second kappa shape index (κ2) is 3.35. The molecule has 0 aromatic heterocycles. The summed E-state index contributed by atoms with van der Waals surface area (Å²) in [5, 5.41) is 0. The minimum Gasteiger partial charge on any atom is -0.318 e. The molecule has 1 aliphatic rings. The van der Waals surface area contributed by atoms with Gasteiger partial charge in [0.1, 0.15) is 0 Å². The van der Waals surface area contributed by atoms with E-state index in [0.717, 1.165) is 12.0 Å². The van der Waals surface area contributed by atoms with Crippen LogP contribution in [0.5, 0.6) is 0 Å². The van der Waals surface area contributed by atoms with Gasteiger partial charge in [0.05, 0.1) is 0 Å². The monoisotopic (exact) mass is 142 g/mol. The van der Waals surface area contributed by atoms with Crippen molar-refractivity contribution in [3.05, 3.63) is 0 Å². The van der Waals surface area contributed by atoms with Crippen LogP contribution >= 0.6 is 0 Å². The van der Waals surface area contributed by atoms with Crippen LogP contribution in [0.15, 0.2) is 0 Å². The quantitative estimate of drug-likeness (QED) is 0.583. The van der Waals surface area contributed by atoms with Gasteiger partial charge in [0, 0.05) is 12.7 Å². The SMILES string of the molecule is CC1CCC(N(C)CN)C1. The van der Waals surface area contributed by atoms with E-state index in [2.05, 4.69) is 18.9 Å². The van der Waals surface area contributed by atoms with Gasteiger partial charge in [0.15, 0.2) is 0 Å². The summed E-state index contributed by atoms with van der Waals surface area (Å²) in [7, 11) is 2.11. The lowest BCUT2D eigenvalue weighted by molar-refractivity contribution is 0.248. The predicted octanol–water partition coefficient (Wildman–Crippen LogP) is 1.02. The number of nitrogens with zero attached hydrogens (tertiary/aromatic N) is 1. The topological polar surface area (TPSA) is 29.3 Å². The molecule has 0 aliphatic heterocycles. The summed E-state index contributed by atoms with van der Waals surface area (Å²) in [5.41, 5.74) is 5.52. The largest absolute Gasteiger partial charge is 0.318 e. The van der Waals surface area contributed by atoms with Gasteiger partial charge in [-0.25, -0.2) is 0 Å². The number of hydrogen-bond acceptors (Lipinski definition) is 2. The number of rotatable bonds is 2. The lowest BCUT2D eigenvalue weighted by Gasteiger charge is -2.21. The average Bonchev–Trinajstić information content (AvgIpc) is 2.34. The Kier molecular flexibility index (Phi) is 2.69. The third-order valence-electron chi connectivity index (χ3n) is 2.58. The molecule has 2 unspecified atom stereocenters. The minimum absolute atomic E-state index is 0.706. The Morgan fingerprint density at radius 1 is 1.50 bits per heavy atom. The molecule has 10 heavy (non-hydrogen) atoms. The normalized spacial score (nSPS) is 33.6. The van der Waals surface area contributed by atoms with Gasteiger partial charge in [-0.05, 0) is 32.2 Å². The second-order valence-electron chi connectivity index (χ2n) is 3.51. The summed E-state index contributed by atoms with van der Waals surface area (Å²) < 4.78 is 0. The van der Waals surface area contributed by atoms with Crippen LogP contribution in [0.1, 0.15) is 26.2 Å². The number of hydrogen-bond donors (Lipinski definition) is 1. The Bertz CT molecular complexity index is 103. The molecular weight excluding hydrogens is 124 g/mol. The highest BCUT2D eigenvalue weighted by Crippen LogP contribution is 2.27. The van der Waals surface area contributed by atoms with Crippen LogP contribution in [0.2, 0.25) is 0 Å². The first-order chi connectivity index (χ1) is 4.74. The van der Waals surface area contributed by atoms with Crippen molar-refractivity contribution in [2.75, 3.05) is 13.7 Å².